The Morgan fingerprint density at radius 1 is 1.37 bits per heavy atom. The van der Waals surface area contributed by atoms with E-state index in [0.717, 1.165) is 31.4 Å². The van der Waals surface area contributed by atoms with Crippen LogP contribution in [0.25, 0.3) is 0 Å². The van der Waals surface area contributed by atoms with Crippen LogP contribution in [0.5, 0.6) is 0 Å². The van der Waals surface area contributed by atoms with E-state index in [0.29, 0.717) is 23.8 Å². The van der Waals surface area contributed by atoms with Crippen molar-refractivity contribution >= 4 is 23.6 Å². The van der Waals surface area contributed by atoms with Gasteiger partial charge in [-0.2, -0.15) is 10.5 Å². The van der Waals surface area contributed by atoms with Gasteiger partial charge in [-0.05, 0) is 50.8 Å². The zero-order chi connectivity index (χ0) is 19.4. The third-order valence-corrected chi connectivity index (χ3v) is 5.59. The van der Waals surface area contributed by atoms with E-state index < -0.39 is 24.0 Å². The minimum absolute atomic E-state index is 0.141. The van der Waals surface area contributed by atoms with Crippen LogP contribution in [0.2, 0.25) is 0 Å². The molecule has 2 fully saturated rings. The van der Waals surface area contributed by atoms with Gasteiger partial charge in [0.15, 0.2) is 6.61 Å². The molecule has 0 atom stereocenters. The number of thioether (sulfide) groups is 1. The van der Waals surface area contributed by atoms with E-state index in [1.165, 1.54) is 11.8 Å². The number of nitrogens with one attached hydrogen (secondary N) is 1. The van der Waals surface area contributed by atoms with Crippen LogP contribution in [0.3, 0.4) is 0 Å². The Hall–Kier alpha value is -2.58. The molecule has 2 aliphatic rings. The molecule has 8 heteroatoms. The summed E-state index contributed by atoms with van der Waals surface area (Å²) >= 11 is 1.30. The molecule has 7 nitrogen and oxygen atoms in total. The number of ether oxygens (including phenoxy) is 1. The molecule has 2 aliphatic carbocycles. The lowest BCUT2D eigenvalue weighted by molar-refractivity contribution is -0.125. The number of pyridine rings is 1. The summed E-state index contributed by atoms with van der Waals surface area (Å²) in [5.41, 5.74) is 0.233. The first-order valence-electron chi connectivity index (χ1n) is 8.90. The highest BCUT2D eigenvalue weighted by atomic mass is 32.2. The number of carbonyl (C=O) groups excluding carboxylic acids is 2. The topological polar surface area (TPSA) is 116 Å². The Labute approximate surface area is 162 Å². The number of rotatable bonds is 6. The number of esters is 1. The van der Waals surface area contributed by atoms with Gasteiger partial charge in [-0.3, -0.25) is 4.79 Å². The van der Waals surface area contributed by atoms with E-state index in [1.807, 2.05) is 6.07 Å². The highest BCUT2D eigenvalue weighted by Crippen LogP contribution is 2.40. The van der Waals surface area contributed by atoms with Gasteiger partial charge in [-0.25, -0.2) is 9.78 Å². The van der Waals surface area contributed by atoms with Crippen LogP contribution in [0.15, 0.2) is 11.1 Å². The minimum Gasteiger partial charge on any atom is -0.452 e. The molecule has 0 spiro atoms. The SMILES string of the molecule is CSc1nc(C2CC2)cc(C(=O)OCC(=O)NC2(C#N)CCCC2)c1C#N. The molecular weight excluding hydrogens is 364 g/mol. The lowest BCUT2D eigenvalue weighted by atomic mass is 10.00. The highest BCUT2D eigenvalue weighted by molar-refractivity contribution is 7.98. The summed E-state index contributed by atoms with van der Waals surface area (Å²) in [6.07, 6.45) is 6.81. The van der Waals surface area contributed by atoms with Crippen molar-refractivity contribution in [3.63, 3.8) is 0 Å². The summed E-state index contributed by atoms with van der Waals surface area (Å²) in [5.74, 6) is -0.915. The largest absolute Gasteiger partial charge is 0.452 e. The molecule has 0 bridgehead atoms. The molecule has 1 aromatic heterocycles. The van der Waals surface area contributed by atoms with Crippen LogP contribution in [0.1, 0.15) is 66.1 Å². The Balaban J connectivity index is 1.70. The van der Waals surface area contributed by atoms with Crippen molar-refractivity contribution in [1.82, 2.24) is 10.3 Å². The first-order valence-corrected chi connectivity index (χ1v) is 10.1. The van der Waals surface area contributed by atoms with Gasteiger partial charge in [0.2, 0.25) is 0 Å². The summed E-state index contributed by atoms with van der Waals surface area (Å²) in [7, 11) is 0. The Morgan fingerprint density at radius 2 is 2.07 bits per heavy atom. The fraction of sp³-hybridized carbons (Fsp3) is 0.526. The molecule has 140 valence electrons. The van der Waals surface area contributed by atoms with Gasteiger partial charge in [0.05, 0.1) is 17.2 Å². The molecule has 3 rings (SSSR count). The zero-order valence-corrected chi connectivity index (χ0v) is 15.9. The van der Waals surface area contributed by atoms with Crippen molar-refractivity contribution in [2.45, 2.75) is 55.0 Å². The summed E-state index contributed by atoms with van der Waals surface area (Å²) in [5, 5.41) is 21.9. The first kappa shape index (κ1) is 19.2. The van der Waals surface area contributed by atoms with Crippen molar-refractivity contribution in [3.05, 3.63) is 22.9 Å². The quantitative estimate of drug-likeness (QED) is 0.592. The summed E-state index contributed by atoms with van der Waals surface area (Å²) in [4.78, 5) is 29.1. The van der Waals surface area contributed by atoms with Crippen molar-refractivity contribution in [2.24, 2.45) is 0 Å². The highest BCUT2D eigenvalue weighted by Gasteiger charge is 2.35. The second-order valence-corrected chi connectivity index (χ2v) is 7.69. The third-order valence-electron chi connectivity index (χ3n) is 4.91. The van der Waals surface area contributed by atoms with Gasteiger partial charge >= 0.3 is 5.97 Å². The molecule has 0 saturated heterocycles. The van der Waals surface area contributed by atoms with Crippen molar-refractivity contribution in [1.29, 1.82) is 10.5 Å². The summed E-state index contributed by atoms with van der Waals surface area (Å²) < 4.78 is 5.14. The van der Waals surface area contributed by atoms with E-state index >= 15 is 0 Å². The minimum atomic E-state index is -0.858. The fourth-order valence-electron chi connectivity index (χ4n) is 3.30. The molecule has 0 aromatic carbocycles. The monoisotopic (exact) mass is 384 g/mol. The number of nitrogens with zero attached hydrogens (tertiary/aromatic N) is 3. The maximum absolute atomic E-state index is 12.5. The van der Waals surface area contributed by atoms with E-state index in [-0.39, 0.29) is 11.1 Å². The molecule has 27 heavy (non-hydrogen) atoms. The fourth-order valence-corrected chi connectivity index (χ4v) is 3.86. The molecular formula is C19H20N4O3S. The Bertz CT molecular complexity index is 846. The van der Waals surface area contributed by atoms with Crippen molar-refractivity contribution in [3.8, 4) is 12.1 Å². The summed E-state index contributed by atoms with van der Waals surface area (Å²) in [6.45, 7) is -0.483. The van der Waals surface area contributed by atoms with E-state index in [1.54, 1.807) is 12.3 Å². The van der Waals surface area contributed by atoms with E-state index in [4.69, 9.17) is 4.74 Å². The molecule has 2 saturated carbocycles. The second kappa shape index (κ2) is 7.98. The van der Waals surface area contributed by atoms with Crippen molar-refractivity contribution < 1.29 is 14.3 Å². The van der Waals surface area contributed by atoms with Gasteiger partial charge in [-0.1, -0.05) is 0 Å². The van der Waals surface area contributed by atoms with Gasteiger partial charge < -0.3 is 10.1 Å². The van der Waals surface area contributed by atoms with Crippen molar-refractivity contribution in [2.75, 3.05) is 12.9 Å². The van der Waals surface area contributed by atoms with Gasteiger partial charge in [0, 0.05) is 11.6 Å². The molecule has 0 unspecified atom stereocenters. The predicted octanol–water partition coefficient (Wildman–Crippen LogP) is 2.66. The molecule has 0 aliphatic heterocycles. The number of hydrogen-bond donors (Lipinski definition) is 1. The Morgan fingerprint density at radius 3 is 2.63 bits per heavy atom. The van der Waals surface area contributed by atoms with Crippen LogP contribution >= 0.6 is 11.8 Å². The molecule has 1 heterocycles. The molecule has 1 amide bonds. The lowest BCUT2D eigenvalue weighted by Crippen LogP contribution is -2.46. The van der Waals surface area contributed by atoms with Crippen LogP contribution in [-0.4, -0.2) is 35.3 Å². The number of hydrogen-bond acceptors (Lipinski definition) is 7. The molecule has 1 aromatic rings. The molecule has 1 N–H and O–H groups in total. The van der Waals surface area contributed by atoms with Crippen LogP contribution in [-0.2, 0) is 9.53 Å². The van der Waals surface area contributed by atoms with E-state index in [9.17, 15) is 20.1 Å². The van der Waals surface area contributed by atoms with Crippen LogP contribution < -0.4 is 5.32 Å². The maximum atomic E-state index is 12.5. The number of nitriles is 2. The van der Waals surface area contributed by atoms with Gasteiger partial charge in [0.25, 0.3) is 5.91 Å². The Kier molecular flexibility index (Phi) is 5.67. The van der Waals surface area contributed by atoms with E-state index in [2.05, 4.69) is 16.4 Å². The summed E-state index contributed by atoms with van der Waals surface area (Å²) in [6, 6.07) is 5.78. The molecule has 0 radical (unpaired) electrons. The second-order valence-electron chi connectivity index (χ2n) is 6.89. The first-order chi connectivity index (χ1) is 13.0. The zero-order valence-electron chi connectivity index (χ0n) is 15.1. The third kappa shape index (κ3) is 4.23. The van der Waals surface area contributed by atoms with Gasteiger partial charge in [0.1, 0.15) is 16.6 Å². The average Bonchev–Trinajstić information content (AvgIpc) is 3.44. The number of amides is 1. The smallest absolute Gasteiger partial charge is 0.340 e. The normalized spacial score (nSPS) is 17.6. The number of aromatic nitrogens is 1. The lowest BCUT2D eigenvalue weighted by Gasteiger charge is -2.21. The average molecular weight is 384 g/mol. The van der Waals surface area contributed by atoms with Crippen LogP contribution in [0.4, 0.5) is 0 Å². The standard InChI is InChI=1S/C19H20N4O3S/c1-27-17-14(9-20)13(8-15(22-17)12-4-5-12)18(25)26-10-16(24)23-19(11-21)6-2-3-7-19/h8,12H,2-7,10H2,1H3,(H,23,24). The number of carbonyl (C=O) groups is 2. The predicted molar refractivity (Wildman–Crippen MR) is 97.9 cm³/mol. The van der Waals surface area contributed by atoms with Crippen LogP contribution in [0, 0.1) is 22.7 Å². The maximum Gasteiger partial charge on any atom is 0.340 e. The van der Waals surface area contributed by atoms with Gasteiger partial charge in [-0.15, -0.1) is 11.8 Å².